The molecule has 0 spiro atoms. The molecule has 0 aliphatic rings. The predicted octanol–water partition coefficient (Wildman–Crippen LogP) is 8.00. The average molecular weight is 404 g/mol. The molecule has 4 aromatic carbocycles. The minimum Gasteiger partial charge on any atom is -0.398 e. The lowest BCUT2D eigenvalue weighted by Gasteiger charge is -2.11. The number of thiophene rings is 1. The smallest absolute Gasteiger partial charge is 0.0454 e. The molecule has 5 aromatic rings. The van der Waals surface area contributed by atoms with Crippen LogP contribution in [0, 0.1) is 0 Å². The molecule has 0 fully saturated rings. The normalized spacial score (nSPS) is 10.8. The Morgan fingerprint density at radius 2 is 0.867 bits per heavy atom. The maximum atomic E-state index is 6.44. The van der Waals surface area contributed by atoms with Crippen molar-refractivity contribution in [2.45, 2.75) is 0 Å². The second-order valence-corrected chi connectivity index (χ2v) is 8.22. The summed E-state index contributed by atoms with van der Waals surface area (Å²) in [4.78, 5) is 2.47. The first-order valence-corrected chi connectivity index (χ1v) is 10.8. The summed E-state index contributed by atoms with van der Waals surface area (Å²) in [6, 6.07) is 40.1. The minimum absolute atomic E-state index is 0.801. The van der Waals surface area contributed by atoms with E-state index in [0.717, 1.165) is 11.3 Å². The van der Waals surface area contributed by atoms with Gasteiger partial charge >= 0.3 is 0 Å². The van der Waals surface area contributed by atoms with Crippen molar-refractivity contribution in [1.29, 1.82) is 0 Å². The van der Waals surface area contributed by atoms with Crippen molar-refractivity contribution in [2.75, 3.05) is 5.73 Å². The maximum Gasteiger partial charge on any atom is 0.0454 e. The predicted molar refractivity (Wildman–Crippen MR) is 130 cm³/mol. The molecule has 0 unspecified atom stereocenters. The molecule has 0 saturated carbocycles. The molecule has 0 bridgehead atoms. The Morgan fingerprint density at radius 1 is 0.433 bits per heavy atom. The van der Waals surface area contributed by atoms with Crippen LogP contribution in [0.5, 0.6) is 0 Å². The van der Waals surface area contributed by atoms with E-state index in [1.54, 1.807) is 0 Å². The first kappa shape index (κ1) is 18.4. The van der Waals surface area contributed by atoms with Crippen LogP contribution in [0.3, 0.4) is 0 Å². The van der Waals surface area contributed by atoms with E-state index in [4.69, 9.17) is 5.73 Å². The van der Waals surface area contributed by atoms with Gasteiger partial charge in [-0.2, -0.15) is 0 Å². The fourth-order valence-corrected chi connectivity index (χ4v) is 5.28. The van der Waals surface area contributed by atoms with Crippen molar-refractivity contribution in [3.8, 4) is 43.1 Å². The molecule has 2 N–H and O–H groups in total. The van der Waals surface area contributed by atoms with E-state index < -0.39 is 0 Å². The molecule has 144 valence electrons. The number of para-hydroxylation sites is 1. The van der Waals surface area contributed by atoms with Gasteiger partial charge in [0.1, 0.15) is 0 Å². The molecule has 0 radical (unpaired) electrons. The standard InChI is InChI=1S/C28H21NS/c29-24-19-11-10-18-23(24)28-26(21-14-6-2-7-15-21)25(20-12-4-1-5-13-20)27(30-28)22-16-8-3-9-17-22/h1-19H,29H2. The summed E-state index contributed by atoms with van der Waals surface area (Å²) < 4.78 is 0. The monoisotopic (exact) mass is 403 g/mol. The fourth-order valence-electron chi connectivity index (χ4n) is 3.88. The largest absolute Gasteiger partial charge is 0.398 e. The summed E-state index contributed by atoms with van der Waals surface area (Å²) >= 11 is 1.82. The summed E-state index contributed by atoms with van der Waals surface area (Å²) in [6.07, 6.45) is 0. The third-order valence-electron chi connectivity index (χ3n) is 5.27. The molecule has 1 heterocycles. The van der Waals surface area contributed by atoms with Gasteiger partial charge in [-0.15, -0.1) is 11.3 Å². The van der Waals surface area contributed by atoms with E-state index in [1.165, 1.54) is 37.6 Å². The van der Waals surface area contributed by atoms with E-state index in [0.29, 0.717) is 0 Å². The number of hydrogen-bond donors (Lipinski definition) is 1. The lowest BCUT2D eigenvalue weighted by Crippen LogP contribution is -1.90. The van der Waals surface area contributed by atoms with Crippen molar-refractivity contribution >= 4 is 17.0 Å². The summed E-state index contributed by atoms with van der Waals surface area (Å²) in [7, 11) is 0. The van der Waals surface area contributed by atoms with E-state index in [1.807, 2.05) is 23.5 Å². The van der Waals surface area contributed by atoms with Gasteiger partial charge in [-0.1, -0.05) is 109 Å². The Labute approximate surface area is 181 Å². The number of anilines is 1. The van der Waals surface area contributed by atoms with Crippen LogP contribution in [0.4, 0.5) is 5.69 Å². The summed E-state index contributed by atoms with van der Waals surface area (Å²) in [5, 5.41) is 0. The van der Waals surface area contributed by atoms with Gasteiger partial charge in [0, 0.05) is 32.1 Å². The minimum atomic E-state index is 0.801. The van der Waals surface area contributed by atoms with Gasteiger partial charge in [-0.05, 0) is 22.8 Å². The van der Waals surface area contributed by atoms with Crippen LogP contribution in [0.15, 0.2) is 115 Å². The van der Waals surface area contributed by atoms with Crippen LogP contribution in [-0.2, 0) is 0 Å². The summed E-state index contributed by atoms with van der Waals surface area (Å²) in [6.45, 7) is 0. The Bertz CT molecular complexity index is 1270. The zero-order chi connectivity index (χ0) is 20.3. The van der Waals surface area contributed by atoms with Crippen LogP contribution in [0.1, 0.15) is 0 Å². The zero-order valence-corrected chi connectivity index (χ0v) is 17.3. The maximum absolute atomic E-state index is 6.44. The number of nitrogens with two attached hydrogens (primary N) is 1. The van der Waals surface area contributed by atoms with Crippen LogP contribution in [0.25, 0.3) is 43.1 Å². The molecule has 0 saturated heterocycles. The van der Waals surface area contributed by atoms with Crippen LogP contribution in [0.2, 0.25) is 0 Å². The third kappa shape index (κ3) is 3.32. The van der Waals surface area contributed by atoms with E-state index in [9.17, 15) is 0 Å². The highest BCUT2D eigenvalue weighted by Crippen LogP contribution is 2.52. The van der Waals surface area contributed by atoms with Crippen molar-refractivity contribution in [1.82, 2.24) is 0 Å². The quantitative estimate of drug-likeness (QED) is 0.302. The highest BCUT2D eigenvalue weighted by Gasteiger charge is 2.23. The molecule has 0 atom stereocenters. The van der Waals surface area contributed by atoms with Gasteiger partial charge in [0.25, 0.3) is 0 Å². The van der Waals surface area contributed by atoms with Crippen LogP contribution < -0.4 is 5.73 Å². The SMILES string of the molecule is Nc1ccccc1-c1sc(-c2ccccc2)c(-c2ccccc2)c1-c1ccccc1. The van der Waals surface area contributed by atoms with E-state index in [-0.39, 0.29) is 0 Å². The highest BCUT2D eigenvalue weighted by atomic mass is 32.1. The molecule has 2 heteroatoms. The first-order valence-electron chi connectivity index (χ1n) is 10.0. The van der Waals surface area contributed by atoms with E-state index >= 15 is 0 Å². The molecule has 0 amide bonds. The first-order chi connectivity index (χ1) is 14.8. The molecule has 1 nitrogen and oxygen atoms in total. The summed E-state index contributed by atoms with van der Waals surface area (Å²) in [5.74, 6) is 0. The third-order valence-corrected chi connectivity index (χ3v) is 6.55. The van der Waals surface area contributed by atoms with Gasteiger partial charge < -0.3 is 5.73 Å². The molecule has 30 heavy (non-hydrogen) atoms. The zero-order valence-electron chi connectivity index (χ0n) is 16.5. The molecule has 0 aliphatic carbocycles. The Kier molecular flexibility index (Phi) is 4.92. The fraction of sp³-hybridized carbons (Fsp3) is 0. The molecule has 5 rings (SSSR count). The van der Waals surface area contributed by atoms with Crippen molar-refractivity contribution in [3.63, 3.8) is 0 Å². The number of nitrogen functional groups attached to an aromatic ring is 1. The van der Waals surface area contributed by atoms with Gasteiger partial charge in [-0.25, -0.2) is 0 Å². The second kappa shape index (κ2) is 8.02. The van der Waals surface area contributed by atoms with Gasteiger partial charge in [0.05, 0.1) is 0 Å². The Balaban J connectivity index is 1.91. The topological polar surface area (TPSA) is 26.0 Å². The van der Waals surface area contributed by atoms with Gasteiger partial charge in [-0.3, -0.25) is 0 Å². The van der Waals surface area contributed by atoms with Gasteiger partial charge in [0.2, 0.25) is 0 Å². The Morgan fingerprint density at radius 3 is 1.40 bits per heavy atom. The average Bonchev–Trinajstić information content (AvgIpc) is 3.21. The van der Waals surface area contributed by atoms with E-state index in [2.05, 4.69) is 103 Å². The molecule has 1 aromatic heterocycles. The van der Waals surface area contributed by atoms with Crippen molar-refractivity contribution in [3.05, 3.63) is 115 Å². The molecular weight excluding hydrogens is 382 g/mol. The summed E-state index contributed by atoms with van der Waals surface area (Å²) in [5.41, 5.74) is 14.5. The number of benzene rings is 4. The van der Waals surface area contributed by atoms with Crippen molar-refractivity contribution < 1.29 is 0 Å². The molecule has 0 aliphatic heterocycles. The van der Waals surface area contributed by atoms with Gasteiger partial charge in [0.15, 0.2) is 0 Å². The Hall–Kier alpha value is -3.62. The van der Waals surface area contributed by atoms with Crippen LogP contribution in [-0.4, -0.2) is 0 Å². The molecular formula is C28H21NS. The lowest BCUT2D eigenvalue weighted by molar-refractivity contribution is 1.61. The second-order valence-electron chi connectivity index (χ2n) is 7.20. The highest BCUT2D eigenvalue weighted by molar-refractivity contribution is 7.20. The van der Waals surface area contributed by atoms with Crippen molar-refractivity contribution in [2.24, 2.45) is 0 Å². The van der Waals surface area contributed by atoms with Crippen LogP contribution >= 0.6 is 11.3 Å². The lowest BCUT2D eigenvalue weighted by atomic mass is 9.91. The number of rotatable bonds is 4. The number of hydrogen-bond acceptors (Lipinski definition) is 2.